The van der Waals surface area contributed by atoms with Gasteiger partial charge in [-0.25, -0.2) is 15.0 Å². The second kappa shape index (κ2) is 12.6. The van der Waals surface area contributed by atoms with Gasteiger partial charge in [0.25, 0.3) is 0 Å². The molecule has 0 unspecified atom stereocenters. The summed E-state index contributed by atoms with van der Waals surface area (Å²) in [6, 6.07) is 63.8. The molecule has 0 aliphatic heterocycles. The van der Waals surface area contributed by atoms with Crippen LogP contribution in [0.25, 0.3) is 93.5 Å². The van der Waals surface area contributed by atoms with Crippen molar-refractivity contribution < 1.29 is 0 Å². The molecule has 0 amide bonds. The summed E-state index contributed by atoms with van der Waals surface area (Å²) in [5.41, 5.74) is 12.2. The van der Waals surface area contributed by atoms with E-state index in [1.807, 2.05) is 23.5 Å². The summed E-state index contributed by atoms with van der Waals surface area (Å²) >= 11 is 1.83. The fraction of sp³-hybridized carbons (Fsp3) is 0. The van der Waals surface area contributed by atoms with Crippen molar-refractivity contribution in [1.29, 1.82) is 0 Å². The second-order valence-corrected chi connectivity index (χ2v) is 13.9. The summed E-state index contributed by atoms with van der Waals surface area (Å²) < 4.78 is 3.67. The molecule has 0 aliphatic carbocycles. The number of rotatable bonds is 6. The summed E-state index contributed by atoms with van der Waals surface area (Å²) in [4.78, 5) is 16.5. The molecule has 0 N–H and O–H groups in total. The lowest BCUT2D eigenvalue weighted by molar-refractivity contribution is 1.07. The Labute approximate surface area is 305 Å². The number of fused-ring (bicyclic) bond motifs is 5. The van der Waals surface area contributed by atoms with Crippen LogP contribution in [-0.4, -0.2) is 19.4 Å². The van der Waals surface area contributed by atoms with E-state index in [1.54, 1.807) is 0 Å². The smallest absolute Gasteiger partial charge is 0.164 e. The van der Waals surface area contributed by atoms with E-state index in [0.29, 0.717) is 17.5 Å². The van der Waals surface area contributed by atoms with Gasteiger partial charge in [0, 0.05) is 27.6 Å². The SMILES string of the molecule is c1ccc(-c2ccc(-c3nc(-c4ccc(-c5ccccc5)cc4)nc(-c4cccc(-c5c6ccccc6n6c5sc5ccccc56)c4)n3)cc2)cc1. The molecule has 0 saturated heterocycles. The Morgan fingerprint density at radius 3 is 1.40 bits per heavy atom. The molecule has 7 aromatic carbocycles. The molecule has 52 heavy (non-hydrogen) atoms. The third-order valence-electron chi connectivity index (χ3n) is 9.69. The average molecular weight is 683 g/mol. The van der Waals surface area contributed by atoms with Crippen LogP contribution in [0.5, 0.6) is 0 Å². The van der Waals surface area contributed by atoms with Gasteiger partial charge in [0.1, 0.15) is 4.83 Å². The number of aromatic nitrogens is 4. The topological polar surface area (TPSA) is 43.1 Å². The van der Waals surface area contributed by atoms with Crippen molar-refractivity contribution in [2.24, 2.45) is 0 Å². The van der Waals surface area contributed by atoms with Gasteiger partial charge in [0.15, 0.2) is 17.5 Å². The van der Waals surface area contributed by atoms with E-state index in [-0.39, 0.29) is 0 Å². The van der Waals surface area contributed by atoms with Gasteiger partial charge in [-0.15, -0.1) is 11.3 Å². The van der Waals surface area contributed by atoms with Gasteiger partial charge >= 0.3 is 0 Å². The fourth-order valence-electron chi connectivity index (χ4n) is 7.13. The largest absolute Gasteiger partial charge is 0.299 e. The van der Waals surface area contributed by atoms with Crippen LogP contribution in [0.4, 0.5) is 0 Å². The van der Waals surface area contributed by atoms with E-state index in [1.165, 1.54) is 42.6 Å². The highest BCUT2D eigenvalue weighted by Crippen LogP contribution is 2.42. The van der Waals surface area contributed by atoms with Crippen LogP contribution < -0.4 is 0 Å². The van der Waals surface area contributed by atoms with E-state index in [0.717, 1.165) is 33.4 Å². The summed E-state index contributed by atoms with van der Waals surface area (Å²) in [5, 5.41) is 1.23. The molecule has 0 bridgehead atoms. The van der Waals surface area contributed by atoms with Crippen LogP contribution in [0.1, 0.15) is 0 Å². The van der Waals surface area contributed by atoms with Crippen molar-refractivity contribution in [2.45, 2.75) is 0 Å². The molecule has 3 aromatic heterocycles. The van der Waals surface area contributed by atoms with Gasteiger partial charge in [0.05, 0.1) is 15.7 Å². The number of benzene rings is 7. The fourth-order valence-corrected chi connectivity index (χ4v) is 8.36. The summed E-state index contributed by atoms with van der Waals surface area (Å²) in [6.07, 6.45) is 0. The normalized spacial score (nSPS) is 11.5. The van der Waals surface area contributed by atoms with Crippen molar-refractivity contribution in [3.05, 3.63) is 182 Å². The average Bonchev–Trinajstić information content (AvgIpc) is 3.76. The molecular weight excluding hydrogens is 653 g/mol. The summed E-state index contributed by atoms with van der Waals surface area (Å²) in [6.45, 7) is 0. The van der Waals surface area contributed by atoms with Crippen LogP contribution in [0.2, 0.25) is 0 Å². The summed E-state index contributed by atoms with van der Waals surface area (Å²) in [7, 11) is 0. The minimum atomic E-state index is 0.636. The molecule has 3 heterocycles. The van der Waals surface area contributed by atoms with E-state index in [4.69, 9.17) is 15.0 Å². The van der Waals surface area contributed by atoms with Gasteiger partial charge in [-0.2, -0.15) is 0 Å². The minimum Gasteiger partial charge on any atom is -0.299 e. The predicted octanol–water partition coefficient (Wildman–Crippen LogP) is 12.5. The Bertz CT molecular complexity index is 2770. The van der Waals surface area contributed by atoms with Crippen molar-refractivity contribution in [3.8, 4) is 67.5 Å². The first-order chi connectivity index (χ1) is 25.8. The van der Waals surface area contributed by atoms with Crippen LogP contribution in [0.15, 0.2) is 182 Å². The van der Waals surface area contributed by atoms with Crippen molar-refractivity contribution in [3.63, 3.8) is 0 Å². The Morgan fingerprint density at radius 1 is 0.346 bits per heavy atom. The Morgan fingerprint density at radius 2 is 0.788 bits per heavy atom. The highest BCUT2D eigenvalue weighted by atomic mass is 32.1. The van der Waals surface area contributed by atoms with Crippen LogP contribution >= 0.6 is 11.3 Å². The maximum Gasteiger partial charge on any atom is 0.164 e. The van der Waals surface area contributed by atoms with E-state index < -0.39 is 0 Å². The molecule has 0 radical (unpaired) electrons. The minimum absolute atomic E-state index is 0.636. The third-order valence-corrected chi connectivity index (χ3v) is 10.8. The number of hydrogen-bond acceptors (Lipinski definition) is 4. The molecular formula is C47H30N4S. The van der Waals surface area contributed by atoms with Crippen LogP contribution in [-0.2, 0) is 0 Å². The highest BCUT2D eigenvalue weighted by molar-refractivity contribution is 7.24. The molecule has 10 rings (SSSR count). The van der Waals surface area contributed by atoms with Crippen molar-refractivity contribution in [2.75, 3.05) is 0 Å². The molecule has 0 saturated carbocycles. The van der Waals surface area contributed by atoms with Crippen LogP contribution in [0, 0.1) is 0 Å². The number of thiazole rings is 1. The van der Waals surface area contributed by atoms with Gasteiger partial charge < -0.3 is 0 Å². The lowest BCUT2D eigenvalue weighted by Gasteiger charge is -2.11. The van der Waals surface area contributed by atoms with Crippen molar-refractivity contribution >= 4 is 37.3 Å². The molecule has 10 aromatic rings. The zero-order valence-corrected chi connectivity index (χ0v) is 28.8. The Balaban J connectivity index is 1.12. The first-order valence-electron chi connectivity index (χ1n) is 17.4. The van der Waals surface area contributed by atoms with Crippen molar-refractivity contribution in [1.82, 2.24) is 19.4 Å². The standard InChI is InChI=1S/C47H30N4S/c1-3-12-31(13-4-1)33-22-26-35(27-23-33)44-48-45(36-28-24-34(25-29-36)32-14-5-2-6-15-32)50-46(49-44)38-17-11-16-37(30-38)43-39-18-7-8-19-40(39)51-41-20-9-10-21-42(41)52-47(43)51/h1-30H. The predicted molar refractivity (Wildman–Crippen MR) is 216 cm³/mol. The molecule has 4 nitrogen and oxygen atoms in total. The van der Waals surface area contributed by atoms with E-state index in [9.17, 15) is 0 Å². The summed E-state index contributed by atoms with van der Waals surface area (Å²) in [5.74, 6) is 1.91. The molecule has 5 heteroatoms. The monoisotopic (exact) mass is 682 g/mol. The third kappa shape index (κ3) is 5.27. The molecule has 244 valence electrons. The number of para-hydroxylation sites is 2. The molecule has 0 aliphatic rings. The lowest BCUT2D eigenvalue weighted by atomic mass is 10.0. The molecule has 0 atom stereocenters. The maximum absolute atomic E-state index is 5.12. The first-order valence-corrected chi connectivity index (χ1v) is 18.2. The highest BCUT2D eigenvalue weighted by Gasteiger charge is 2.19. The van der Waals surface area contributed by atoms with Gasteiger partial charge in [0.2, 0.25) is 0 Å². The Kier molecular flexibility index (Phi) is 7.29. The second-order valence-electron chi connectivity index (χ2n) is 12.9. The van der Waals surface area contributed by atoms with Gasteiger partial charge in [-0.1, -0.05) is 158 Å². The molecule has 0 fully saturated rings. The zero-order chi connectivity index (χ0) is 34.4. The van der Waals surface area contributed by atoms with Gasteiger partial charge in [-0.05, 0) is 52.1 Å². The Hall–Kier alpha value is -6.69. The van der Waals surface area contributed by atoms with Gasteiger partial charge in [-0.3, -0.25) is 4.40 Å². The first kappa shape index (κ1) is 30.2. The molecule has 0 spiro atoms. The van der Waals surface area contributed by atoms with E-state index in [2.05, 4.69) is 174 Å². The quantitative estimate of drug-likeness (QED) is 0.175. The number of nitrogens with zero attached hydrogens (tertiary/aromatic N) is 4. The van der Waals surface area contributed by atoms with Crippen LogP contribution in [0.3, 0.4) is 0 Å². The number of hydrogen-bond donors (Lipinski definition) is 0. The lowest BCUT2D eigenvalue weighted by Crippen LogP contribution is -2.00. The zero-order valence-electron chi connectivity index (χ0n) is 28.0. The van der Waals surface area contributed by atoms with E-state index >= 15 is 0 Å². The maximum atomic E-state index is 5.12.